The van der Waals surface area contributed by atoms with Gasteiger partial charge in [0.15, 0.2) is 5.13 Å². The Balaban J connectivity index is 1.51. The number of benzene rings is 3. The van der Waals surface area contributed by atoms with Crippen LogP contribution in [-0.2, 0) is 0 Å². The van der Waals surface area contributed by atoms with E-state index >= 15 is 0 Å². The number of carbonyl (C=O) groups is 1. The lowest BCUT2D eigenvalue weighted by molar-refractivity contribution is 0.102. The van der Waals surface area contributed by atoms with Crippen LogP contribution in [0.2, 0.25) is 0 Å². The maximum atomic E-state index is 12.7. The van der Waals surface area contributed by atoms with E-state index in [0.717, 1.165) is 37.6 Å². The predicted octanol–water partition coefficient (Wildman–Crippen LogP) is 5.56. The van der Waals surface area contributed by atoms with Crippen LogP contribution in [0.25, 0.3) is 31.9 Å². The van der Waals surface area contributed by atoms with E-state index < -0.39 is 0 Å². The lowest BCUT2D eigenvalue weighted by Crippen LogP contribution is -2.11. The van der Waals surface area contributed by atoms with Gasteiger partial charge in [-0.1, -0.05) is 53.8 Å². The third-order valence-electron chi connectivity index (χ3n) is 4.60. The van der Waals surface area contributed by atoms with Crippen LogP contribution >= 0.6 is 11.3 Å². The van der Waals surface area contributed by atoms with E-state index in [1.54, 1.807) is 0 Å². The number of nitrogens with zero attached hydrogens (tertiary/aromatic N) is 2. The minimum Gasteiger partial charge on any atom is -0.298 e. The Kier molecular flexibility index (Phi) is 3.62. The highest BCUT2D eigenvalue weighted by atomic mass is 32.1. The summed E-state index contributed by atoms with van der Waals surface area (Å²) in [4.78, 5) is 21.9. The number of carbonyl (C=O) groups excluding carboxylic acids is 1. The highest BCUT2D eigenvalue weighted by Gasteiger charge is 2.12. The summed E-state index contributed by atoms with van der Waals surface area (Å²) in [6.45, 7) is 1.94. The smallest absolute Gasteiger partial charge is 0.257 e. The Bertz CT molecular complexity index is 1340. The van der Waals surface area contributed by atoms with Gasteiger partial charge < -0.3 is 0 Å². The van der Waals surface area contributed by atoms with Crippen molar-refractivity contribution in [3.05, 3.63) is 78.0 Å². The van der Waals surface area contributed by atoms with Crippen molar-refractivity contribution in [1.82, 2.24) is 9.97 Å². The van der Waals surface area contributed by atoms with Crippen LogP contribution in [0.1, 0.15) is 16.1 Å². The molecular formula is C22H15N3OS. The number of hydrogen-bond acceptors (Lipinski definition) is 4. The number of anilines is 1. The molecule has 0 bridgehead atoms. The maximum Gasteiger partial charge on any atom is 0.257 e. The topological polar surface area (TPSA) is 54.9 Å². The van der Waals surface area contributed by atoms with E-state index in [1.807, 2.05) is 55.5 Å². The third-order valence-corrected chi connectivity index (χ3v) is 5.53. The molecule has 0 aliphatic carbocycles. The summed E-state index contributed by atoms with van der Waals surface area (Å²) in [5.41, 5.74) is 3.24. The SMILES string of the molecule is Cc1ccc2ccc(C(=O)Nc3nc4c(ccc5ccccc54)s3)cc2n1. The van der Waals surface area contributed by atoms with Crippen molar-refractivity contribution >= 4 is 54.3 Å². The second-order valence-corrected chi connectivity index (χ2v) is 7.50. The number of nitrogens with one attached hydrogen (secondary N) is 1. The number of rotatable bonds is 2. The summed E-state index contributed by atoms with van der Waals surface area (Å²) < 4.78 is 1.06. The van der Waals surface area contributed by atoms with Crippen LogP contribution in [-0.4, -0.2) is 15.9 Å². The van der Waals surface area contributed by atoms with Crippen molar-refractivity contribution in [1.29, 1.82) is 0 Å². The first-order valence-electron chi connectivity index (χ1n) is 8.64. The molecule has 0 spiro atoms. The quantitative estimate of drug-likeness (QED) is 0.443. The molecule has 0 radical (unpaired) electrons. The fourth-order valence-corrected chi connectivity index (χ4v) is 4.12. The van der Waals surface area contributed by atoms with Crippen molar-refractivity contribution in [2.75, 3.05) is 5.32 Å². The lowest BCUT2D eigenvalue weighted by atomic mass is 10.1. The van der Waals surface area contributed by atoms with Crippen LogP contribution < -0.4 is 5.32 Å². The zero-order chi connectivity index (χ0) is 18.4. The van der Waals surface area contributed by atoms with Crippen LogP contribution in [0.4, 0.5) is 5.13 Å². The van der Waals surface area contributed by atoms with Gasteiger partial charge in [-0.25, -0.2) is 4.98 Å². The summed E-state index contributed by atoms with van der Waals surface area (Å²) in [7, 11) is 0. The summed E-state index contributed by atoms with van der Waals surface area (Å²) >= 11 is 1.48. The Hall–Kier alpha value is -3.31. The molecular weight excluding hydrogens is 354 g/mol. The Morgan fingerprint density at radius 3 is 2.67 bits per heavy atom. The fraction of sp³-hybridized carbons (Fsp3) is 0.0455. The second-order valence-electron chi connectivity index (χ2n) is 6.47. The number of aryl methyl sites for hydroxylation is 1. The van der Waals surface area contributed by atoms with Gasteiger partial charge in [0.25, 0.3) is 5.91 Å². The second kappa shape index (κ2) is 6.14. The van der Waals surface area contributed by atoms with Gasteiger partial charge in [-0.3, -0.25) is 15.1 Å². The Labute approximate surface area is 159 Å². The van der Waals surface area contributed by atoms with Crippen molar-refractivity contribution in [2.24, 2.45) is 0 Å². The minimum absolute atomic E-state index is 0.177. The molecule has 130 valence electrons. The average Bonchev–Trinajstić information content (AvgIpc) is 3.10. The normalized spacial score (nSPS) is 11.3. The summed E-state index contributed by atoms with van der Waals surface area (Å²) in [5, 5.41) is 6.79. The molecule has 0 aliphatic rings. The van der Waals surface area contributed by atoms with Crippen LogP contribution in [0.15, 0.2) is 66.7 Å². The first-order chi connectivity index (χ1) is 13.2. The number of amides is 1. The standard InChI is InChI=1S/C22H15N3OS/c1-13-6-7-15-8-9-16(12-18(15)23-13)21(26)25-22-24-20-17-5-3-2-4-14(17)10-11-19(20)27-22/h2-12H,1H3,(H,24,25,26). The zero-order valence-corrected chi connectivity index (χ0v) is 15.4. The van der Waals surface area contributed by atoms with Gasteiger partial charge in [0.2, 0.25) is 0 Å². The first kappa shape index (κ1) is 15.9. The van der Waals surface area contributed by atoms with Crippen molar-refractivity contribution in [2.45, 2.75) is 6.92 Å². The molecule has 3 aromatic carbocycles. The molecule has 5 aromatic rings. The van der Waals surface area contributed by atoms with Gasteiger partial charge in [0.1, 0.15) is 0 Å². The van der Waals surface area contributed by atoms with Crippen molar-refractivity contribution in [3.8, 4) is 0 Å². The monoisotopic (exact) mass is 369 g/mol. The summed E-state index contributed by atoms with van der Waals surface area (Å²) in [5.74, 6) is -0.177. The molecule has 2 aromatic heterocycles. The maximum absolute atomic E-state index is 12.7. The van der Waals surface area contributed by atoms with E-state index in [0.29, 0.717) is 10.7 Å². The summed E-state index contributed by atoms with van der Waals surface area (Å²) in [6, 6.07) is 21.8. The molecule has 1 amide bonds. The molecule has 5 rings (SSSR count). The van der Waals surface area contributed by atoms with Crippen molar-refractivity contribution in [3.63, 3.8) is 0 Å². The van der Waals surface area contributed by atoms with Crippen LogP contribution in [0.3, 0.4) is 0 Å². The molecule has 5 heteroatoms. The Morgan fingerprint density at radius 1 is 0.926 bits per heavy atom. The lowest BCUT2D eigenvalue weighted by Gasteiger charge is -2.04. The van der Waals surface area contributed by atoms with Gasteiger partial charge in [-0.05, 0) is 36.6 Å². The number of thiazole rings is 1. The molecule has 0 saturated carbocycles. The van der Waals surface area contributed by atoms with Gasteiger partial charge in [0, 0.05) is 22.0 Å². The first-order valence-corrected chi connectivity index (χ1v) is 9.46. The highest BCUT2D eigenvalue weighted by Crippen LogP contribution is 2.32. The van der Waals surface area contributed by atoms with E-state index in [1.165, 1.54) is 11.3 Å². The number of aromatic nitrogens is 2. The molecule has 0 unspecified atom stereocenters. The molecule has 0 saturated heterocycles. The largest absolute Gasteiger partial charge is 0.298 e. The average molecular weight is 369 g/mol. The highest BCUT2D eigenvalue weighted by molar-refractivity contribution is 7.22. The molecule has 4 nitrogen and oxygen atoms in total. The van der Waals surface area contributed by atoms with Gasteiger partial charge in [-0.2, -0.15) is 0 Å². The minimum atomic E-state index is -0.177. The van der Waals surface area contributed by atoms with E-state index in [-0.39, 0.29) is 5.91 Å². The van der Waals surface area contributed by atoms with E-state index in [9.17, 15) is 4.79 Å². The van der Waals surface area contributed by atoms with Crippen LogP contribution in [0, 0.1) is 6.92 Å². The number of pyridine rings is 1. The fourth-order valence-electron chi connectivity index (χ4n) is 3.24. The third kappa shape index (κ3) is 2.82. The molecule has 0 fully saturated rings. The van der Waals surface area contributed by atoms with Gasteiger partial charge in [-0.15, -0.1) is 0 Å². The Morgan fingerprint density at radius 2 is 1.74 bits per heavy atom. The van der Waals surface area contributed by atoms with E-state index in [2.05, 4.69) is 33.5 Å². The number of fused-ring (bicyclic) bond motifs is 4. The zero-order valence-electron chi connectivity index (χ0n) is 14.6. The molecule has 0 atom stereocenters. The van der Waals surface area contributed by atoms with E-state index in [4.69, 9.17) is 0 Å². The summed E-state index contributed by atoms with van der Waals surface area (Å²) in [6.07, 6.45) is 0. The number of hydrogen-bond donors (Lipinski definition) is 1. The molecule has 0 aliphatic heterocycles. The molecule has 2 heterocycles. The molecule has 27 heavy (non-hydrogen) atoms. The van der Waals surface area contributed by atoms with Crippen molar-refractivity contribution < 1.29 is 4.79 Å². The molecule has 1 N–H and O–H groups in total. The van der Waals surface area contributed by atoms with Gasteiger partial charge in [0.05, 0.1) is 15.7 Å². The predicted molar refractivity (Wildman–Crippen MR) is 112 cm³/mol. The van der Waals surface area contributed by atoms with Gasteiger partial charge >= 0.3 is 0 Å². The van der Waals surface area contributed by atoms with Crippen LogP contribution in [0.5, 0.6) is 0 Å².